The van der Waals surface area contributed by atoms with Gasteiger partial charge in [0.05, 0.1) is 27.7 Å². The van der Waals surface area contributed by atoms with Crippen LogP contribution in [0.15, 0.2) is 91.0 Å². The van der Waals surface area contributed by atoms with Crippen molar-refractivity contribution >= 4 is 25.3 Å². The normalized spacial score (nSPS) is 13.1. The highest BCUT2D eigenvalue weighted by molar-refractivity contribution is 7.44. The second-order valence-electron chi connectivity index (χ2n) is 14.9. The van der Waals surface area contributed by atoms with Gasteiger partial charge in [0.2, 0.25) is 0 Å². The van der Waals surface area contributed by atoms with Crippen LogP contribution in [0.25, 0.3) is 5.57 Å². The number of carbonyl (C=O) groups is 2. The van der Waals surface area contributed by atoms with Gasteiger partial charge in [0.25, 0.3) is 7.82 Å². The number of ether oxygens (including phenoxy) is 2. The van der Waals surface area contributed by atoms with Gasteiger partial charge in [-0.15, -0.1) is 0 Å². The van der Waals surface area contributed by atoms with Crippen LogP contribution in [-0.2, 0) is 28.2 Å². The third kappa shape index (κ3) is 29.9. The van der Waals surface area contributed by atoms with E-state index in [-0.39, 0.29) is 32.2 Å². The smallest absolute Gasteiger partial charge is 0.306 e. The molecule has 0 saturated carbocycles. The van der Waals surface area contributed by atoms with Gasteiger partial charge < -0.3 is 33.4 Å². The second kappa shape index (κ2) is 31.7. The number of benzene rings is 2. The highest BCUT2D eigenvalue weighted by Gasteiger charge is 2.16. The third-order valence-electron chi connectivity index (χ3n) is 8.74. The molecular formula is C45H70NO9P. The van der Waals surface area contributed by atoms with Crippen molar-refractivity contribution in [2.75, 3.05) is 47.5 Å². The summed E-state index contributed by atoms with van der Waals surface area (Å²) >= 11 is 0. The number of phosphoric acid groups is 1. The van der Waals surface area contributed by atoms with Crippen molar-refractivity contribution in [3.05, 3.63) is 102 Å². The second-order valence-corrected chi connectivity index (χ2v) is 16.1. The molecule has 0 spiro atoms. The third-order valence-corrected chi connectivity index (χ3v) is 9.25. The largest absolute Gasteiger partial charge is 0.756 e. The van der Waals surface area contributed by atoms with E-state index in [2.05, 4.69) is 41.8 Å². The van der Waals surface area contributed by atoms with Crippen molar-refractivity contribution in [3.8, 4) is 0 Å². The molecule has 2 atom stereocenters. The fraction of sp³-hybridized carbons (Fsp3) is 0.556. The highest BCUT2D eigenvalue weighted by Crippen LogP contribution is 2.29. The number of unbranched alkanes of at least 4 members (excludes halogenated alkanes) is 12. The predicted molar refractivity (Wildman–Crippen MR) is 224 cm³/mol. The van der Waals surface area contributed by atoms with Crippen LogP contribution < -0.4 is 4.89 Å². The average Bonchev–Trinajstić information content (AvgIpc) is 3.16. The topological polar surface area (TPSA) is 142 Å². The number of quaternary nitrogens is 1. The lowest BCUT2D eigenvalue weighted by molar-refractivity contribution is -0.870. The van der Waals surface area contributed by atoms with Gasteiger partial charge in [-0.1, -0.05) is 175 Å². The molecule has 0 aliphatic rings. The Bertz CT molecular complexity index is 1390. The Balaban J connectivity index is 0.00000123. The molecule has 0 amide bonds. The number of rotatable bonds is 29. The molecule has 10 nitrogen and oxygen atoms in total. The first kappa shape index (κ1) is 50.6. The summed E-state index contributed by atoms with van der Waals surface area (Å²) in [5.74, 6) is -0.732. The fourth-order valence-electron chi connectivity index (χ4n) is 5.53. The minimum Gasteiger partial charge on any atom is -0.756 e. The van der Waals surface area contributed by atoms with Gasteiger partial charge in [-0.05, 0) is 29.5 Å². The first-order valence-corrected chi connectivity index (χ1v) is 21.9. The molecule has 2 rings (SSSR count). The Morgan fingerprint density at radius 2 is 1.27 bits per heavy atom. The van der Waals surface area contributed by atoms with E-state index >= 15 is 0 Å². The first-order valence-electron chi connectivity index (χ1n) is 20.4. The molecule has 1 unspecified atom stereocenters. The van der Waals surface area contributed by atoms with Gasteiger partial charge in [-0.2, -0.15) is 0 Å². The van der Waals surface area contributed by atoms with E-state index in [1.165, 1.54) is 64.2 Å². The summed E-state index contributed by atoms with van der Waals surface area (Å²) in [6.45, 7) is 2.31. The van der Waals surface area contributed by atoms with E-state index in [4.69, 9.17) is 14.4 Å². The average molecular weight is 800 g/mol. The van der Waals surface area contributed by atoms with Crippen molar-refractivity contribution in [1.82, 2.24) is 0 Å². The monoisotopic (exact) mass is 799 g/mol. The number of hydrogen-bond acceptors (Lipinski definition) is 8. The van der Waals surface area contributed by atoms with E-state index in [0.717, 1.165) is 36.0 Å². The van der Waals surface area contributed by atoms with Crippen molar-refractivity contribution in [1.29, 1.82) is 0 Å². The SMILES string of the molecule is CCCCCCCCCCCCCCCC(=O)OC[C@H](CO)OC(=O)CCC=CC=CC=C(c1ccccc1)c1ccccc1.C[N+](C)(C)CCOP(=O)([O-])O. The Morgan fingerprint density at radius 1 is 0.750 bits per heavy atom. The van der Waals surface area contributed by atoms with Crippen LogP contribution in [-0.4, -0.2) is 80.0 Å². The molecule has 56 heavy (non-hydrogen) atoms. The van der Waals surface area contributed by atoms with Crippen LogP contribution in [0.5, 0.6) is 0 Å². The molecule has 314 valence electrons. The van der Waals surface area contributed by atoms with E-state index < -0.39 is 19.9 Å². The lowest BCUT2D eigenvalue weighted by Crippen LogP contribution is -2.37. The summed E-state index contributed by atoms with van der Waals surface area (Å²) in [5, 5.41) is 9.57. The Hall–Kier alpha value is -3.37. The number of esters is 2. The summed E-state index contributed by atoms with van der Waals surface area (Å²) in [5.41, 5.74) is 3.41. The lowest BCUT2D eigenvalue weighted by atomic mass is 9.97. The molecule has 0 radical (unpaired) electrons. The number of likely N-dealkylation sites (N-methyl/N-ethyl adjacent to an activating group) is 1. The molecule has 2 N–H and O–H groups in total. The van der Waals surface area contributed by atoms with Crippen LogP contribution in [0.4, 0.5) is 0 Å². The molecule has 0 heterocycles. The maximum Gasteiger partial charge on any atom is 0.306 e. The predicted octanol–water partition coefficient (Wildman–Crippen LogP) is 9.11. The zero-order valence-corrected chi connectivity index (χ0v) is 35.4. The molecule has 2 aromatic carbocycles. The summed E-state index contributed by atoms with van der Waals surface area (Å²) in [6, 6.07) is 20.5. The minimum absolute atomic E-state index is 0.0147. The molecular weight excluding hydrogens is 729 g/mol. The molecule has 2 aromatic rings. The Kier molecular flexibility index (Phi) is 28.7. The van der Waals surface area contributed by atoms with Gasteiger partial charge in [0.15, 0.2) is 6.10 Å². The quantitative estimate of drug-likeness (QED) is 0.0271. The molecule has 0 aliphatic carbocycles. The zero-order valence-electron chi connectivity index (χ0n) is 34.5. The summed E-state index contributed by atoms with van der Waals surface area (Å²) < 4.78 is 25.4. The summed E-state index contributed by atoms with van der Waals surface area (Å²) in [4.78, 5) is 42.6. The van der Waals surface area contributed by atoms with Crippen LogP contribution in [0.1, 0.15) is 121 Å². The standard InChI is InChI=1S/C40H56O5.C5H14NO4P/c1-2-3-4-5-6-7-8-9-10-11-12-15-24-31-39(42)44-34-37(33-41)45-40(43)32-25-16-13-14-23-30-38(35-26-19-17-20-27-35)36-28-21-18-22-29-36;1-6(2,3)4-5-10-11(7,8)9/h13-14,16-23,26-30,37,41H,2-12,15,24-25,31-34H2,1H3;4-5H2,1-3H3,(H-,7,8,9)/t37-;/m0./s1. The van der Waals surface area contributed by atoms with E-state index in [0.29, 0.717) is 23.9 Å². The van der Waals surface area contributed by atoms with Crippen molar-refractivity contribution in [2.24, 2.45) is 0 Å². The molecule has 0 aromatic heterocycles. The maximum absolute atomic E-state index is 12.2. The van der Waals surface area contributed by atoms with Gasteiger partial charge in [0.1, 0.15) is 19.8 Å². The van der Waals surface area contributed by atoms with Gasteiger partial charge in [0, 0.05) is 12.8 Å². The fourth-order valence-corrected chi connectivity index (χ4v) is 5.84. The van der Waals surface area contributed by atoms with Crippen LogP contribution in [0, 0.1) is 0 Å². The van der Waals surface area contributed by atoms with E-state index in [1.54, 1.807) is 0 Å². The maximum atomic E-state index is 12.2. The molecule has 0 aliphatic heterocycles. The number of aliphatic hydroxyl groups is 1. The lowest BCUT2D eigenvalue weighted by Gasteiger charge is -2.25. The van der Waals surface area contributed by atoms with Crippen LogP contribution in [0.3, 0.4) is 0 Å². The van der Waals surface area contributed by atoms with E-state index in [9.17, 15) is 24.2 Å². The van der Waals surface area contributed by atoms with Gasteiger partial charge >= 0.3 is 11.9 Å². The number of nitrogens with zero attached hydrogens (tertiary/aromatic N) is 1. The molecule has 0 fully saturated rings. The van der Waals surface area contributed by atoms with Gasteiger partial charge in [-0.3, -0.25) is 14.2 Å². The molecule has 0 saturated heterocycles. The molecule has 0 bridgehead atoms. The Morgan fingerprint density at radius 3 is 1.75 bits per heavy atom. The van der Waals surface area contributed by atoms with Gasteiger partial charge in [-0.25, -0.2) is 0 Å². The summed E-state index contributed by atoms with van der Waals surface area (Å²) in [7, 11) is 1.19. The number of phosphoric ester groups is 1. The Labute approximate surface area is 337 Å². The van der Waals surface area contributed by atoms with E-state index in [1.807, 2.05) is 81.8 Å². The minimum atomic E-state index is -4.51. The summed E-state index contributed by atoms with van der Waals surface area (Å²) in [6.07, 6.45) is 26.3. The van der Waals surface area contributed by atoms with Crippen molar-refractivity contribution < 1.29 is 47.5 Å². The number of allylic oxidation sites excluding steroid dienone is 5. The number of hydrogen-bond donors (Lipinski definition) is 2. The number of aliphatic hydroxyl groups excluding tert-OH is 1. The first-order chi connectivity index (χ1) is 26.8. The number of carbonyl (C=O) groups excluding carboxylic acids is 2. The van der Waals surface area contributed by atoms with Crippen LogP contribution >= 0.6 is 7.82 Å². The zero-order chi connectivity index (χ0) is 41.3. The van der Waals surface area contributed by atoms with Crippen molar-refractivity contribution in [3.63, 3.8) is 0 Å². The highest BCUT2D eigenvalue weighted by atomic mass is 31.2. The van der Waals surface area contributed by atoms with Crippen molar-refractivity contribution in [2.45, 2.75) is 116 Å². The molecule has 11 heteroatoms. The van der Waals surface area contributed by atoms with Crippen LogP contribution in [0.2, 0.25) is 0 Å².